The van der Waals surface area contributed by atoms with Gasteiger partial charge in [-0.3, -0.25) is 0 Å². The molecule has 21 heavy (non-hydrogen) atoms. The molecule has 2 aromatic carbocycles. The molecule has 0 atom stereocenters. The van der Waals surface area contributed by atoms with Crippen LogP contribution in [-0.4, -0.2) is 10.1 Å². The van der Waals surface area contributed by atoms with E-state index in [0.717, 1.165) is 0 Å². The standard InChI is InChI=1S/C15H11ClFN3O/c1-8-2-3-9(7-12(8)17)14-19-15(21-20-14)10-4-5-13(18)11(16)6-10/h2-7H,18H2,1H3. The Bertz CT molecular complexity index is 750. The predicted molar refractivity (Wildman–Crippen MR) is 79.3 cm³/mol. The zero-order valence-electron chi connectivity index (χ0n) is 11.1. The second-order valence-corrected chi connectivity index (χ2v) is 5.03. The van der Waals surface area contributed by atoms with E-state index in [9.17, 15) is 4.39 Å². The highest BCUT2D eigenvalue weighted by Crippen LogP contribution is 2.28. The molecule has 0 aliphatic heterocycles. The number of hydrogen-bond donors (Lipinski definition) is 1. The average Bonchev–Trinajstić information content (AvgIpc) is 2.94. The van der Waals surface area contributed by atoms with Crippen molar-refractivity contribution in [1.29, 1.82) is 0 Å². The minimum atomic E-state index is -0.311. The van der Waals surface area contributed by atoms with Gasteiger partial charge in [-0.1, -0.05) is 28.9 Å². The van der Waals surface area contributed by atoms with Crippen LogP contribution in [0.25, 0.3) is 22.8 Å². The molecule has 4 nitrogen and oxygen atoms in total. The van der Waals surface area contributed by atoms with Crippen molar-refractivity contribution in [2.75, 3.05) is 5.73 Å². The molecule has 0 aliphatic carbocycles. The summed E-state index contributed by atoms with van der Waals surface area (Å²) < 4.78 is 18.8. The Morgan fingerprint density at radius 1 is 1.14 bits per heavy atom. The zero-order valence-corrected chi connectivity index (χ0v) is 11.9. The summed E-state index contributed by atoms with van der Waals surface area (Å²) in [7, 11) is 0. The minimum absolute atomic E-state index is 0.299. The van der Waals surface area contributed by atoms with Crippen LogP contribution in [0.15, 0.2) is 40.9 Å². The Hall–Kier alpha value is -2.40. The number of anilines is 1. The molecule has 106 valence electrons. The number of aryl methyl sites for hydroxylation is 1. The Kier molecular flexibility index (Phi) is 3.35. The third kappa shape index (κ3) is 2.60. The van der Waals surface area contributed by atoms with Gasteiger partial charge in [-0.15, -0.1) is 0 Å². The molecule has 1 aromatic heterocycles. The number of rotatable bonds is 2. The molecule has 0 saturated carbocycles. The van der Waals surface area contributed by atoms with Crippen LogP contribution in [-0.2, 0) is 0 Å². The molecule has 0 fully saturated rings. The molecular weight excluding hydrogens is 293 g/mol. The number of nitrogens with zero attached hydrogens (tertiary/aromatic N) is 2. The van der Waals surface area contributed by atoms with Gasteiger partial charge in [0.1, 0.15) is 5.82 Å². The predicted octanol–water partition coefficient (Wildman–Crippen LogP) is 4.09. The lowest BCUT2D eigenvalue weighted by molar-refractivity contribution is 0.432. The second-order valence-electron chi connectivity index (χ2n) is 4.62. The summed E-state index contributed by atoms with van der Waals surface area (Å²) in [6, 6.07) is 9.81. The van der Waals surface area contributed by atoms with Gasteiger partial charge in [0.05, 0.1) is 10.7 Å². The van der Waals surface area contributed by atoms with Crippen LogP contribution in [0.2, 0.25) is 5.02 Å². The molecule has 1 heterocycles. The van der Waals surface area contributed by atoms with E-state index in [1.54, 1.807) is 37.3 Å². The van der Waals surface area contributed by atoms with Crippen LogP contribution in [0.1, 0.15) is 5.56 Å². The van der Waals surface area contributed by atoms with Crippen LogP contribution in [0.3, 0.4) is 0 Å². The van der Waals surface area contributed by atoms with Gasteiger partial charge < -0.3 is 10.3 Å². The Labute approximate surface area is 125 Å². The number of hydrogen-bond acceptors (Lipinski definition) is 4. The van der Waals surface area contributed by atoms with E-state index in [4.69, 9.17) is 21.9 Å². The Balaban J connectivity index is 1.99. The molecule has 2 N–H and O–H groups in total. The topological polar surface area (TPSA) is 64.9 Å². The maximum absolute atomic E-state index is 13.6. The molecule has 3 aromatic rings. The highest BCUT2D eigenvalue weighted by atomic mass is 35.5. The molecule has 0 bridgehead atoms. The van der Waals surface area contributed by atoms with Gasteiger partial charge in [-0.05, 0) is 36.8 Å². The lowest BCUT2D eigenvalue weighted by Crippen LogP contribution is -1.87. The summed E-state index contributed by atoms with van der Waals surface area (Å²) in [5.41, 5.74) is 7.89. The van der Waals surface area contributed by atoms with E-state index in [1.807, 2.05) is 0 Å². The van der Waals surface area contributed by atoms with E-state index >= 15 is 0 Å². The molecular formula is C15H11ClFN3O. The average molecular weight is 304 g/mol. The van der Waals surface area contributed by atoms with E-state index in [1.165, 1.54) is 6.07 Å². The Morgan fingerprint density at radius 3 is 2.62 bits per heavy atom. The van der Waals surface area contributed by atoms with Crippen molar-refractivity contribution in [1.82, 2.24) is 10.1 Å². The number of halogens is 2. The quantitative estimate of drug-likeness (QED) is 0.724. The van der Waals surface area contributed by atoms with Crippen molar-refractivity contribution in [3.05, 3.63) is 52.8 Å². The normalized spacial score (nSPS) is 10.8. The van der Waals surface area contributed by atoms with Gasteiger partial charge in [0.25, 0.3) is 5.89 Å². The van der Waals surface area contributed by atoms with Gasteiger partial charge in [0, 0.05) is 11.1 Å². The summed E-state index contributed by atoms with van der Waals surface area (Å²) in [4.78, 5) is 4.25. The fourth-order valence-corrected chi connectivity index (χ4v) is 2.03. The summed E-state index contributed by atoms with van der Waals surface area (Å²) in [5.74, 6) is 0.305. The van der Waals surface area contributed by atoms with Crippen LogP contribution in [0.5, 0.6) is 0 Å². The third-order valence-electron chi connectivity index (χ3n) is 3.10. The van der Waals surface area contributed by atoms with Crippen molar-refractivity contribution in [3.63, 3.8) is 0 Å². The van der Waals surface area contributed by atoms with E-state index < -0.39 is 0 Å². The van der Waals surface area contributed by atoms with Crippen molar-refractivity contribution in [2.45, 2.75) is 6.92 Å². The van der Waals surface area contributed by atoms with Gasteiger partial charge in [0.2, 0.25) is 5.82 Å². The van der Waals surface area contributed by atoms with Gasteiger partial charge in [-0.2, -0.15) is 4.98 Å². The Morgan fingerprint density at radius 2 is 1.90 bits per heavy atom. The second kappa shape index (κ2) is 5.18. The molecule has 6 heteroatoms. The summed E-state index contributed by atoms with van der Waals surface area (Å²) in [6.07, 6.45) is 0. The zero-order chi connectivity index (χ0) is 15.0. The minimum Gasteiger partial charge on any atom is -0.398 e. The van der Waals surface area contributed by atoms with Crippen molar-refractivity contribution in [3.8, 4) is 22.8 Å². The smallest absolute Gasteiger partial charge is 0.258 e. The monoisotopic (exact) mass is 303 g/mol. The number of aromatic nitrogens is 2. The van der Waals surface area contributed by atoms with Crippen molar-refractivity contribution in [2.24, 2.45) is 0 Å². The highest BCUT2D eigenvalue weighted by molar-refractivity contribution is 6.33. The van der Waals surface area contributed by atoms with Crippen molar-refractivity contribution < 1.29 is 8.91 Å². The molecule has 0 unspecified atom stereocenters. The maximum Gasteiger partial charge on any atom is 0.258 e. The van der Waals surface area contributed by atoms with Crippen LogP contribution < -0.4 is 5.73 Å². The van der Waals surface area contributed by atoms with Crippen molar-refractivity contribution >= 4 is 17.3 Å². The first-order valence-corrected chi connectivity index (χ1v) is 6.58. The lowest BCUT2D eigenvalue weighted by Gasteiger charge is -1.99. The van der Waals surface area contributed by atoms with Gasteiger partial charge in [0.15, 0.2) is 0 Å². The third-order valence-corrected chi connectivity index (χ3v) is 3.43. The van der Waals surface area contributed by atoms with E-state index in [-0.39, 0.29) is 5.82 Å². The van der Waals surface area contributed by atoms with Crippen LogP contribution >= 0.6 is 11.6 Å². The highest BCUT2D eigenvalue weighted by Gasteiger charge is 2.12. The number of nitrogens with two attached hydrogens (primary N) is 1. The molecule has 0 aliphatic rings. The number of benzene rings is 2. The summed E-state index contributed by atoms with van der Waals surface area (Å²) in [6.45, 7) is 1.69. The molecule has 0 amide bonds. The van der Waals surface area contributed by atoms with Crippen LogP contribution in [0, 0.1) is 12.7 Å². The first kappa shape index (κ1) is 13.6. The molecule has 3 rings (SSSR count). The summed E-state index contributed by atoms with van der Waals surface area (Å²) in [5, 5.41) is 4.27. The fourth-order valence-electron chi connectivity index (χ4n) is 1.85. The molecule has 0 saturated heterocycles. The van der Waals surface area contributed by atoms with E-state index in [2.05, 4.69) is 10.1 Å². The SMILES string of the molecule is Cc1ccc(-c2noc(-c3ccc(N)c(Cl)c3)n2)cc1F. The van der Waals surface area contributed by atoms with E-state index in [0.29, 0.717) is 39.1 Å². The van der Waals surface area contributed by atoms with Gasteiger partial charge >= 0.3 is 0 Å². The summed E-state index contributed by atoms with van der Waals surface area (Å²) >= 11 is 5.96. The molecule has 0 radical (unpaired) electrons. The molecule has 0 spiro atoms. The first-order chi connectivity index (χ1) is 10.0. The first-order valence-electron chi connectivity index (χ1n) is 6.20. The van der Waals surface area contributed by atoms with Gasteiger partial charge in [-0.25, -0.2) is 4.39 Å². The number of nitrogen functional groups attached to an aromatic ring is 1. The largest absolute Gasteiger partial charge is 0.398 e. The lowest BCUT2D eigenvalue weighted by atomic mass is 10.1. The maximum atomic E-state index is 13.6. The fraction of sp³-hybridized carbons (Fsp3) is 0.0667. The van der Waals surface area contributed by atoms with Crippen LogP contribution in [0.4, 0.5) is 10.1 Å².